The smallest absolute Gasteiger partial charge is 0.140 e. The third kappa shape index (κ3) is 2.78. The molecule has 0 aliphatic heterocycles. The average Bonchev–Trinajstić information content (AvgIpc) is 2.81. The number of hydrogen-bond donors (Lipinski definition) is 1. The zero-order valence-electron chi connectivity index (χ0n) is 13.1. The highest BCUT2D eigenvalue weighted by molar-refractivity contribution is 5.57. The lowest BCUT2D eigenvalue weighted by molar-refractivity contribution is 0.590. The molecule has 108 valence electrons. The summed E-state index contributed by atoms with van der Waals surface area (Å²) >= 11 is 0. The van der Waals surface area contributed by atoms with Gasteiger partial charge in [-0.15, -0.1) is 0 Å². The third-order valence-corrected chi connectivity index (χ3v) is 3.68. The fourth-order valence-corrected chi connectivity index (χ4v) is 2.43. The second-order valence-electron chi connectivity index (χ2n) is 6.37. The van der Waals surface area contributed by atoms with Crippen LogP contribution in [0, 0.1) is 0 Å². The van der Waals surface area contributed by atoms with Gasteiger partial charge in [-0.25, -0.2) is 4.98 Å². The molecule has 2 aromatic rings. The molecule has 0 amide bonds. The number of rotatable bonds is 3. The van der Waals surface area contributed by atoms with Crippen LogP contribution in [0.5, 0.6) is 0 Å². The molecule has 1 atom stereocenters. The van der Waals surface area contributed by atoms with E-state index in [1.54, 1.807) is 0 Å². The summed E-state index contributed by atoms with van der Waals surface area (Å²) in [5, 5.41) is 0. The van der Waals surface area contributed by atoms with Gasteiger partial charge in [0.1, 0.15) is 5.82 Å². The second-order valence-corrected chi connectivity index (χ2v) is 6.37. The van der Waals surface area contributed by atoms with Gasteiger partial charge in [0.15, 0.2) is 0 Å². The van der Waals surface area contributed by atoms with Gasteiger partial charge in [0, 0.05) is 18.2 Å². The summed E-state index contributed by atoms with van der Waals surface area (Å²) < 4.78 is 2.19. The van der Waals surface area contributed by atoms with Crippen LogP contribution in [0.2, 0.25) is 0 Å². The lowest BCUT2D eigenvalue weighted by Crippen LogP contribution is -2.12. The quantitative estimate of drug-likeness (QED) is 0.920. The minimum Gasteiger partial charge on any atom is -0.327 e. The monoisotopic (exact) mass is 271 g/mol. The molecule has 1 unspecified atom stereocenters. The minimum atomic E-state index is 0.00467. The summed E-state index contributed by atoms with van der Waals surface area (Å²) in [6.07, 6.45) is 1.89. The first kappa shape index (κ1) is 14.8. The Morgan fingerprint density at radius 1 is 1.20 bits per heavy atom. The third-order valence-electron chi connectivity index (χ3n) is 3.68. The second kappa shape index (κ2) is 5.41. The highest BCUT2D eigenvalue weighted by Crippen LogP contribution is 2.27. The number of hydrogen-bond acceptors (Lipinski definition) is 2. The van der Waals surface area contributed by atoms with E-state index in [-0.39, 0.29) is 11.5 Å². The molecule has 0 aliphatic carbocycles. The Bertz CT molecular complexity index is 571. The van der Waals surface area contributed by atoms with E-state index in [1.807, 2.05) is 13.1 Å². The van der Waals surface area contributed by atoms with Crippen molar-refractivity contribution in [3.8, 4) is 11.4 Å². The molecule has 3 nitrogen and oxygen atoms in total. The summed E-state index contributed by atoms with van der Waals surface area (Å²) in [5.41, 5.74) is 9.75. The summed E-state index contributed by atoms with van der Waals surface area (Å²) in [4.78, 5) is 4.55. The number of nitrogens with zero attached hydrogens (tertiary/aromatic N) is 2. The van der Waals surface area contributed by atoms with Crippen LogP contribution in [-0.4, -0.2) is 9.55 Å². The topological polar surface area (TPSA) is 43.8 Å². The predicted octanol–water partition coefficient (Wildman–Crippen LogP) is 3.89. The first-order valence-electron chi connectivity index (χ1n) is 7.26. The Balaban J connectivity index is 2.42. The molecule has 1 heterocycles. The van der Waals surface area contributed by atoms with E-state index >= 15 is 0 Å². The summed E-state index contributed by atoms with van der Waals surface area (Å²) in [6, 6.07) is 8.69. The van der Waals surface area contributed by atoms with Crippen LogP contribution in [0.4, 0.5) is 0 Å². The molecule has 0 radical (unpaired) electrons. The molecule has 0 aliphatic rings. The van der Waals surface area contributed by atoms with Gasteiger partial charge in [-0.05, 0) is 24.8 Å². The summed E-state index contributed by atoms with van der Waals surface area (Å²) in [7, 11) is 0. The first-order chi connectivity index (χ1) is 9.34. The largest absolute Gasteiger partial charge is 0.327 e. The van der Waals surface area contributed by atoms with Crippen LogP contribution in [0.25, 0.3) is 11.4 Å². The van der Waals surface area contributed by atoms with Crippen molar-refractivity contribution >= 4 is 0 Å². The van der Waals surface area contributed by atoms with Crippen molar-refractivity contribution in [2.75, 3.05) is 0 Å². The molecule has 0 spiro atoms. The molecular weight excluding hydrogens is 246 g/mol. The van der Waals surface area contributed by atoms with Crippen LogP contribution in [-0.2, 0) is 12.0 Å². The Labute approximate surface area is 121 Å². The van der Waals surface area contributed by atoms with Gasteiger partial charge < -0.3 is 10.3 Å². The molecule has 0 fully saturated rings. The maximum atomic E-state index is 6.00. The van der Waals surface area contributed by atoms with E-state index in [2.05, 4.69) is 61.5 Å². The normalized spacial score (nSPS) is 13.5. The van der Waals surface area contributed by atoms with Crippen molar-refractivity contribution < 1.29 is 0 Å². The maximum absolute atomic E-state index is 6.00. The van der Waals surface area contributed by atoms with Crippen LogP contribution in [0.15, 0.2) is 30.5 Å². The fraction of sp³-hybridized carbons (Fsp3) is 0.471. The summed E-state index contributed by atoms with van der Waals surface area (Å²) in [6.45, 7) is 11.7. The Morgan fingerprint density at radius 3 is 2.25 bits per heavy atom. The van der Waals surface area contributed by atoms with Crippen LogP contribution >= 0.6 is 0 Å². The van der Waals surface area contributed by atoms with Crippen LogP contribution in [0.1, 0.15) is 51.9 Å². The van der Waals surface area contributed by atoms with Crippen LogP contribution in [0.3, 0.4) is 0 Å². The average molecular weight is 271 g/mol. The van der Waals surface area contributed by atoms with Crippen LogP contribution < -0.4 is 5.73 Å². The zero-order valence-corrected chi connectivity index (χ0v) is 13.1. The van der Waals surface area contributed by atoms with Gasteiger partial charge in [-0.2, -0.15) is 0 Å². The first-order valence-corrected chi connectivity index (χ1v) is 7.26. The molecule has 2 rings (SSSR count). The number of aromatic nitrogens is 2. The van der Waals surface area contributed by atoms with E-state index in [0.29, 0.717) is 0 Å². The van der Waals surface area contributed by atoms with Gasteiger partial charge in [0.2, 0.25) is 0 Å². The van der Waals surface area contributed by atoms with Crippen molar-refractivity contribution in [1.29, 1.82) is 0 Å². The lowest BCUT2D eigenvalue weighted by atomic mass is 9.87. The van der Waals surface area contributed by atoms with Crippen molar-refractivity contribution in [1.82, 2.24) is 9.55 Å². The van der Waals surface area contributed by atoms with Gasteiger partial charge in [-0.1, -0.05) is 45.0 Å². The SMILES string of the molecule is CCn1c(C(C)N)cnc1-c1ccc(C(C)(C)C)cc1. The highest BCUT2D eigenvalue weighted by atomic mass is 15.1. The van der Waals surface area contributed by atoms with Gasteiger partial charge in [0.05, 0.1) is 11.9 Å². The predicted molar refractivity (Wildman–Crippen MR) is 84.6 cm³/mol. The molecule has 3 heteroatoms. The van der Waals surface area contributed by atoms with Gasteiger partial charge >= 0.3 is 0 Å². The molecule has 1 aromatic heterocycles. The standard InChI is InChI=1S/C17H25N3/c1-6-20-15(12(2)18)11-19-16(20)13-7-9-14(10-8-13)17(3,4)5/h7-12H,6,18H2,1-5H3. The fourth-order valence-electron chi connectivity index (χ4n) is 2.43. The van der Waals surface area contributed by atoms with E-state index in [9.17, 15) is 0 Å². The van der Waals surface area contributed by atoms with E-state index in [4.69, 9.17) is 5.73 Å². The molecule has 1 aromatic carbocycles. The minimum absolute atomic E-state index is 0.00467. The van der Waals surface area contributed by atoms with Crippen molar-refractivity contribution in [2.45, 2.75) is 52.6 Å². The molecule has 20 heavy (non-hydrogen) atoms. The lowest BCUT2D eigenvalue weighted by Gasteiger charge is -2.19. The van der Waals surface area contributed by atoms with Gasteiger partial charge in [-0.3, -0.25) is 0 Å². The van der Waals surface area contributed by atoms with Gasteiger partial charge in [0.25, 0.3) is 0 Å². The molecule has 0 saturated carbocycles. The summed E-state index contributed by atoms with van der Waals surface area (Å²) in [5.74, 6) is 1.00. The number of benzene rings is 1. The molecule has 0 bridgehead atoms. The Kier molecular flexibility index (Phi) is 4.00. The highest BCUT2D eigenvalue weighted by Gasteiger charge is 2.16. The molecular formula is C17H25N3. The van der Waals surface area contributed by atoms with Crippen molar-refractivity contribution in [3.63, 3.8) is 0 Å². The number of nitrogens with two attached hydrogens (primary N) is 1. The van der Waals surface area contributed by atoms with Crippen molar-refractivity contribution in [2.24, 2.45) is 5.73 Å². The van der Waals surface area contributed by atoms with Crippen molar-refractivity contribution in [3.05, 3.63) is 41.7 Å². The zero-order chi connectivity index (χ0) is 14.9. The van der Waals surface area contributed by atoms with E-state index in [0.717, 1.165) is 23.6 Å². The van der Waals surface area contributed by atoms with E-state index in [1.165, 1.54) is 5.56 Å². The Hall–Kier alpha value is -1.61. The molecule has 2 N–H and O–H groups in total. The number of imidazole rings is 1. The maximum Gasteiger partial charge on any atom is 0.140 e. The Morgan fingerprint density at radius 2 is 1.80 bits per heavy atom. The molecule has 0 saturated heterocycles. The van der Waals surface area contributed by atoms with E-state index < -0.39 is 0 Å².